The van der Waals surface area contributed by atoms with E-state index in [0.717, 1.165) is 37.6 Å². The van der Waals surface area contributed by atoms with Crippen molar-refractivity contribution in [1.29, 1.82) is 0 Å². The predicted molar refractivity (Wildman–Crippen MR) is 102 cm³/mol. The number of anilines is 1. The highest BCUT2D eigenvalue weighted by Gasteiger charge is 2.32. The van der Waals surface area contributed by atoms with Crippen LogP contribution < -0.4 is 16.0 Å². The zero-order valence-electron chi connectivity index (χ0n) is 14.1. The molecule has 1 aromatic heterocycles. The molecule has 6 nitrogen and oxygen atoms in total. The monoisotopic (exact) mass is 472 g/mol. The molecule has 0 radical (unpaired) electrons. The molecule has 1 aliphatic rings. The number of aliphatic imine (C=N–C) groups is 1. The van der Waals surface area contributed by atoms with Crippen LogP contribution in [0.15, 0.2) is 17.3 Å². The van der Waals surface area contributed by atoms with Crippen molar-refractivity contribution in [3.63, 3.8) is 0 Å². The number of guanidine groups is 1. The summed E-state index contributed by atoms with van der Waals surface area (Å²) in [6.07, 6.45) is 1.35. The number of rotatable bonds is 6. The first kappa shape index (κ1) is 21.7. The molecule has 3 N–H and O–H groups in total. The predicted octanol–water partition coefficient (Wildman–Crippen LogP) is 3.02. The highest BCUT2D eigenvalue weighted by molar-refractivity contribution is 14.0. The average molecular weight is 472 g/mol. The van der Waals surface area contributed by atoms with Gasteiger partial charge in [-0.2, -0.15) is 13.2 Å². The summed E-state index contributed by atoms with van der Waals surface area (Å²) >= 11 is 0. The first-order chi connectivity index (χ1) is 11.5. The quantitative estimate of drug-likeness (QED) is 0.257. The molecule has 0 atom stereocenters. The van der Waals surface area contributed by atoms with Crippen molar-refractivity contribution in [2.75, 3.05) is 25.0 Å². The lowest BCUT2D eigenvalue weighted by Crippen LogP contribution is -2.42. The number of hydrogen-bond acceptors (Lipinski definition) is 4. The molecule has 0 unspecified atom stereocenters. The molecule has 1 fully saturated rings. The van der Waals surface area contributed by atoms with Crippen LogP contribution in [-0.2, 0) is 6.18 Å². The Morgan fingerprint density at radius 1 is 1.32 bits per heavy atom. The molecule has 142 valence electrons. The van der Waals surface area contributed by atoms with E-state index in [1.54, 1.807) is 0 Å². The third-order valence-corrected chi connectivity index (χ3v) is 3.65. The van der Waals surface area contributed by atoms with E-state index in [4.69, 9.17) is 0 Å². The number of halogens is 4. The number of nitrogens with one attached hydrogen (secondary N) is 3. The maximum absolute atomic E-state index is 12.6. The number of hydrogen-bond donors (Lipinski definition) is 3. The average Bonchev–Trinajstić information content (AvgIpc) is 3.04. The van der Waals surface area contributed by atoms with Crippen molar-refractivity contribution in [3.8, 4) is 0 Å². The van der Waals surface area contributed by atoms with Gasteiger partial charge in [-0.25, -0.2) is 9.97 Å². The van der Waals surface area contributed by atoms with Crippen LogP contribution in [0.3, 0.4) is 0 Å². The summed E-state index contributed by atoms with van der Waals surface area (Å²) in [6, 6.07) is 1.29. The van der Waals surface area contributed by atoms with Gasteiger partial charge >= 0.3 is 6.18 Å². The molecule has 25 heavy (non-hydrogen) atoms. The van der Waals surface area contributed by atoms with Gasteiger partial charge in [-0.1, -0.05) is 12.8 Å². The molecular formula is C15H24F3IN6. The summed E-state index contributed by atoms with van der Waals surface area (Å²) in [5, 5.41) is 9.31. The van der Waals surface area contributed by atoms with Crippen LogP contribution in [0.4, 0.5) is 19.1 Å². The maximum Gasteiger partial charge on any atom is 0.433 e. The van der Waals surface area contributed by atoms with Crippen LogP contribution in [0.2, 0.25) is 0 Å². The molecule has 0 bridgehead atoms. The minimum absolute atomic E-state index is 0. The zero-order chi connectivity index (χ0) is 17.4. The van der Waals surface area contributed by atoms with Crippen molar-refractivity contribution in [1.82, 2.24) is 20.6 Å². The summed E-state index contributed by atoms with van der Waals surface area (Å²) in [7, 11) is 0. The van der Waals surface area contributed by atoms with Gasteiger partial charge in [-0.15, -0.1) is 24.0 Å². The summed E-state index contributed by atoms with van der Waals surface area (Å²) < 4.78 is 37.8. The lowest BCUT2D eigenvalue weighted by Gasteiger charge is -2.16. The Morgan fingerprint density at radius 3 is 2.68 bits per heavy atom. The fourth-order valence-electron chi connectivity index (χ4n) is 2.52. The first-order valence-electron chi connectivity index (χ1n) is 8.18. The van der Waals surface area contributed by atoms with E-state index in [1.807, 2.05) is 6.92 Å². The van der Waals surface area contributed by atoms with Gasteiger partial charge in [-0.05, 0) is 25.8 Å². The Morgan fingerprint density at radius 2 is 2.04 bits per heavy atom. The molecule has 1 heterocycles. The Labute approximate surface area is 162 Å². The fourth-order valence-corrected chi connectivity index (χ4v) is 2.52. The fraction of sp³-hybridized carbons (Fsp3) is 0.667. The minimum atomic E-state index is -4.47. The van der Waals surface area contributed by atoms with Crippen molar-refractivity contribution in [2.24, 2.45) is 4.99 Å². The molecule has 2 rings (SSSR count). The molecule has 0 saturated heterocycles. The Hall–Kier alpha value is -1.33. The lowest BCUT2D eigenvalue weighted by molar-refractivity contribution is -0.141. The minimum Gasteiger partial charge on any atom is -0.357 e. The van der Waals surface area contributed by atoms with E-state index in [-0.39, 0.29) is 29.9 Å². The van der Waals surface area contributed by atoms with E-state index in [0.29, 0.717) is 19.1 Å². The van der Waals surface area contributed by atoms with Crippen molar-refractivity contribution >= 4 is 35.9 Å². The number of aromatic nitrogens is 2. The SMILES string of the molecule is CCNC(=NCCNc1nccc(C(F)(F)F)n1)NC1CCCC1.I. The van der Waals surface area contributed by atoms with Gasteiger partial charge in [0, 0.05) is 25.3 Å². The molecule has 1 aromatic rings. The van der Waals surface area contributed by atoms with Crippen LogP contribution in [0, 0.1) is 0 Å². The smallest absolute Gasteiger partial charge is 0.357 e. The van der Waals surface area contributed by atoms with E-state index >= 15 is 0 Å². The van der Waals surface area contributed by atoms with Crippen molar-refractivity contribution in [3.05, 3.63) is 18.0 Å². The van der Waals surface area contributed by atoms with Crippen LogP contribution >= 0.6 is 24.0 Å². The Bertz CT molecular complexity index is 546. The van der Waals surface area contributed by atoms with E-state index in [9.17, 15) is 13.2 Å². The highest BCUT2D eigenvalue weighted by Crippen LogP contribution is 2.27. The van der Waals surface area contributed by atoms with Gasteiger partial charge in [0.2, 0.25) is 5.95 Å². The second-order valence-corrected chi connectivity index (χ2v) is 5.58. The van der Waals surface area contributed by atoms with Gasteiger partial charge in [0.15, 0.2) is 5.96 Å². The van der Waals surface area contributed by atoms with E-state index in [2.05, 4.69) is 30.9 Å². The molecule has 0 spiro atoms. The van der Waals surface area contributed by atoms with Crippen LogP contribution in [0.1, 0.15) is 38.3 Å². The lowest BCUT2D eigenvalue weighted by atomic mass is 10.2. The molecule has 1 aliphatic carbocycles. The Kier molecular flexibility index (Phi) is 9.22. The third-order valence-electron chi connectivity index (χ3n) is 3.65. The van der Waals surface area contributed by atoms with Gasteiger partial charge in [-0.3, -0.25) is 4.99 Å². The van der Waals surface area contributed by atoms with Crippen LogP contribution in [0.5, 0.6) is 0 Å². The topological polar surface area (TPSA) is 74.2 Å². The van der Waals surface area contributed by atoms with Gasteiger partial charge in [0.05, 0.1) is 6.54 Å². The molecule has 1 saturated carbocycles. The highest BCUT2D eigenvalue weighted by atomic mass is 127. The van der Waals surface area contributed by atoms with Crippen molar-refractivity contribution in [2.45, 2.75) is 44.8 Å². The molecule has 10 heteroatoms. The standard InChI is InChI=1S/C15H23F3N6.HI/c1-2-19-13(23-11-5-3-4-6-11)21-9-10-22-14-20-8-7-12(24-14)15(16,17)18;/h7-8,11H,2-6,9-10H2,1H3,(H2,19,21,23)(H,20,22,24);1H. The zero-order valence-corrected chi connectivity index (χ0v) is 16.4. The second kappa shape index (κ2) is 10.6. The molecule has 0 aromatic carbocycles. The van der Waals surface area contributed by atoms with E-state index < -0.39 is 11.9 Å². The van der Waals surface area contributed by atoms with E-state index in [1.165, 1.54) is 12.8 Å². The second-order valence-electron chi connectivity index (χ2n) is 5.58. The van der Waals surface area contributed by atoms with Crippen LogP contribution in [-0.4, -0.2) is 41.6 Å². The van der Waals surface area contributed by atoms with Crippen molar-refractivity contribution < 1.29 is 13.2 Å². The normalized spacial score (nSPS) is 15.6. The van der Waals surface area contributed by atoms with Gasteiger partial charge < -0.3 is 16.0 Å². The number of alkyl halides is 3. The summed E-state index contributed by atoms with van der Waals surface area (Å²) in [6.45, 7) is 3.49. The third kappa shape index (κ3) is 7.61. The first-order valence-corrected chi connectivity index (χ1v) is 8.18. The Balaban J connectivity index is 0.00000312. The molecule has 0 aliphatic heterocycles. The van der Waals surface area contributed by atoms with Gasteiger partial charge in [0.25, 0.3) is 0 Å². The van der Waals surface area contributed by atoms with Gasteiger partial charge in [0.1, 0.15) is 5.69 Å². The maximum atomic E-state index is 12.6. The number of nitrogens with zero attached hydrogens (tertiary/aromatic N) is 3. The summed E-state index contributed by atoms with van der Waals surface area (Å²) in [5.74, 6) is 0.685. The summed E-state index contributed by atoms with van der Waals surface area (Å²) in [4.78, 5) is 11.7. The van der Waals surface area contributed by atoms with Crippen LogP contribution in [0.25, 0.3) is 0 Å². The largest absolute Gasteiger partial charge is 0.433 e. The summed E-state index contributed by atoms with van der Waals surface area (Å²) in [5.41, 5.74) is -0.959. The molecular weight excluding hydrogens is 448 g/mol. The molecule has 0 amide bonds.